The third-order valence-electron chi connectivity index (χ3n) is 2.06. The monoisotopic (exact) mass is 189 g/mol. The standard InChI is InChI=1S/C11H15N3/c1-13(2)10-5-9(8-12)6-11(7-10)14(3)4/h5-7H,1-4H3. The average molecular weight is 189 g/mol. The molecule has 1 aromatic rings. The second kappa shape index (κ2) is 4.01. The van der Waals surface area contributed by atoms with Crippen molar-refractivity contribution in [2.75, 3.05) is 38.0 Å². The molecule has 0 aromatic heterocycles. The summed E-state index contributed by atoms with van der Waals surface area (Å²) < 4.78 is 0. The lowest BCUT2D eigenvalue weighted by atomic mass is 10.1. The highest BCUT2D eigenvalue weighted by molar-refractivity contribution is 5.62. The van der Waals surface area contributed by atoms with E-state index in [9.17, 15) is 0 Å². The number of anilines is 2. The summed E-state index contributed by atoms with van der Waals surface area (Å²) in [7, 11) is 7.87. The average Bonchev–Trinajstić information content (AvgIpc) is 2.16. The summed E-state index contributed by atoms with van der Waals surface area (Å²) in [6, 6.07) is 7.98. The zero-order valence-electron chi connectivity index (χ0n) is 9.07. The molecule has 0 saturated carbocycles. The van der Waals surface area contributed by atoms with Crippen LogP contribution in [0.3, 0.4) is 0 Å². The summed E-state index contributed by atoms with van der Waals surface area (Å²) in [5, 5.41) is 8.86. The van der Waals surface area contributed by atoms with E-state index in [0.29, 0.717) is 5.56 Å². The molecule has 3 nitrogen and oxygen atoms in total. The highest BCUT2D eigenvalue weighted by Gasteiger charge is 2.03. The number of hydrogen-bond acceptors (Lipinski definition) is 3. The largest absolute Gasteiger partial charge is 0.378 e. The Kier molecular flexibility index (Phi) is 2.98. The van der Waals surface area contributed by atoms with Gasteiger partial charge in [-0.1, -0.05) is 0 Å². The first-order chi connectivity index (χ1) is 6.54. The van der Waals surface area contributed by atoms with Gasteiger partial charge in [0.1, 0.15) is 0 Å². The fraction of sp³-hybridized carbons (Fsp3) is 0.364. The SMILES string of the molecule is CN(C)c1cc(C#N)cc(N(C)C)c1. The second-order valence-electron chi connectivity index (χ2n) is 3.64. The minimum Gasteiger partial charge on any atom is -0.378 e. The van der Waals surface area contributed by atoms with Crippen LogP contribution in [0.5, 0.6) is 0 Å². The Hall–Kier alpha value is -1.69. The zero-order valence-corrected chi connectivity index (χ0v) is 9.07. The van der Waals surface area contributed by atoms with Crippen LogP contribution >= 0.6 is 0 Å². The molecule has 0 N–H and O–H groups in total. The maximum Gasteiger partial charge on any atom is 0.0993 e. The van der Waals surface area contributed by atoms with Crippen LogP contribution in [-0.2, 0) is 0 Å². The molecule has 0 aliphatic heterocycles. The molecule has 0 aliphatic carbocycles. The molecule has 3 heteroatoms. The number of benzene rings is 1. The van der Waals surface area contributed by atoms with E-state index >= 15 is 0 Å². The van der Waals surface area contributed by atoms with Gasteiger partial charge in [-0.3, -0.25) is 0 Å². The van der Waals surface area contributed by atoms with Crippen LogP contribution in [0.2, 0.25) is 0 Å². The Morgan fingerprint density at radius 2 is 1.36 bits per heavy atom. The molecular formula is C11H15N3. The van der Waals surface area contributed by atoms with Crippen molar-refractivity contribution in [2.45, 2.75) is 0 Å². The van der Waals surface area contributed by atoms with Crippen molar-refractivity contribution in [1.82, 2.24) is 0 Å². The first kappa shape index (κ1) is 10.4. The molecule has 74 valence electrons. The van der Waals surface area contributed by atoms with Crippen LogP contribution in [0.1, 0.15) is 5.56 Å². The molecule has 0 spiro atoms. The molecule has 14 heavy (non-hydrogen) atoms. The van der Waals surface area contributed by atoms with Crippen molar-refractivity contribution >= 4 is 11.4 Å². The van der Waals surface area contributed by atoms with Crippen LogP contribution in [0.4, 0.5) is 11.4 Å². The molecule has 1 rings (SSSR count). The third kappa shape index (κ3) is 2.17. The van der Waals surface area contributed by atoms with Gasteiger partial charge in [-0.05, 0) is 18.2 Å². The molecule has 0 atom stereocenters. The number of nitrogens with zero attached hydrogens (tertiary/aromatic N) is 3. The van der Waals surface area contributed by atoms with E-state index in [0.717, 1.165) is 11.4 Å². The minimum atomic E-state index is 0.694. The summed E-state index contributed by atoms with van der Waals surface area (Å²) in [6.45, 7) is 0. The lowest BCUT2D eigenvalue weighted by Gasteiger charge is -2.18. The fourth-order valence-corrected chi connectivity index (χ4v) is 1.18. The van der Waals surface area contributed by atoms with Crippen LogP contribution in [0, 0.1) is 11.3 Å². The van der Waals surface area contributed by atoms with E-state index in [4.69, 9.17) is 5.26 Å². The van der Waals surface area contributed by atoms with Gasteiger partial charge < -0.3 is 9.80 Å². The van der Waals surface area contributed by atoms with Crippen LogP contribution in [-0.4, -0.2) is 28.2 Å². The summed E-state index contributed by atoms with van der Waals surface area (Å²) in [5.74, 6) is 0. The van der Waals surface area contributed by atoms with Crippen LogP contribution in [0.15, 0.2) is 18.2 Å². The van der Waals surface area contributed by atoms with E-state index in [2.05, 4.69) is 12.1 Å². The predicted molar refractivity (Wildman–Crippen MR) is 59.8 cm³/mol. The van der Waals surface area contributed by atoms with Crippen molar-refractivity contribution in [3.8, 4) is 6.07 Å². The molecule has 0 unspecified atom stereocenters. The maximum atomic E-state index is 8.86. The molecule has 0 bridgehead atoms. The lowest BCUT2D eigenvalue weighted by Crippen LogP contribution is -2.12. The van der Waals surface area contributed by atoms with Gasteiger partial charge in [-0.15, -0.1) is 0 Å². The van der Waals surface area contributed by atoms with Crippen LogP contribution in [0.25, 0.3) is 0 Å². The van der Waals surface area contributed by atoms with Crippen molar-refractivity contribution < 1.29 is 0 Å². The van der Waals surface area contributed by atoms with Crippen molar-refractivity contribution in [3.63, 3.8) is 0 Å². The summed E-state index contributed by atoms with van der Waals surface area (Å²) in [5.41, 5.74) is 2.79. The maximum absolute atomic E-state index is 8.86. The molecule has 0 saturated heterocycles. The molecule has 0 aliphatic rings. The van der Waals surface area contributed by atoms with E-state index in [1.165, 1.54) is 0 Å². The highest BCUT2D eigenvalue weighted by atomic mass is 15.1. The first-order valence-electron chi connectivity index (χ1n) is 4.44. The second-order valence-corrected chi connectivity index (χ2v) is 3.64. The summed E-state index contributed by atoms with van der Waals surface area (Å²) in [6.07, 6.45) is 0. The normalized spacial score (nSPS) is 9.36. The zero-order chi connectivity index (χ0) is 10.7. The van der Waals surface area contributed by atoms with Gasteiger partial charge >= 0.3 is 0 Å². The smallest absolute Gasteiger partial charge is 0.0993 e. The summed E-state index contributed by atoms with van der Waals surface area (Å²) in [4.78, 5) is 3.99. The van der Waals surface area contributed by atoms with E-state index < -0.39 is 0 Å². The molecular weight excluding hydrogens is 174 g/mol. The molecule has 1 aromatic carbocycles. The summed E-state index contributed by atoms with van der Waals surface area (Å²) >= 11 is 0. The Morgan fingerprint density at radius 1 is 0.929 bits per heavy atom. The van der Waals surface area contributed by atoms with E-state index in [1.54, 1.807) is 0 Å². The highest BCUT2D eigenvalue weighted by Crippen LogP contribution is 2.22. The Bertz CT molecular complexity index is 335. The Balaban J connectivity index is 3.22. The van der Waals surface area contributed by atoms with E-state index in [-0.39, 0.29) is 0 Å². The number of hydrogen-bond donors (Lipinski definition) is 0. The van der Waals surface area contributed by atoms with E-state index in [1.807, 2.05) is 50.1 Å². The fourth-order valence-electron chi connectivity index (χ4n) is 1.18. The molecule has 0 radical (unpaired) electrons. The lowest BCUT2D eigenvalue weighted by molar-refractivity contribution is 1.10. The quantitative estimate of drug-likeness (QED) is 0.709. The number of nitriles is 1. The van der Waals surface area contributed by atoms with Gasteiger partial charge in [0.15, 0.2) is 0 Å². The molecule has 0 heterocycles. The van der Waals surface area contributed by atoms with Crippen molar-refractivity contribution in [3.05, 3.63) is 23.8 Å². The first-order valence-corrected chi connectivity index (χ1v) is 4.44. The molecule has 0 fully saturated rings. The number of rotatable bonds is 2. The topological polar surface area (TPSA) is 30.3 Å². The van der Waals surface area contributed by atoms with Gasteiger partial charge in [0, 0.05) is 39.6 Å². The van der Waals surface area contributed by atoms with Gasteiger partial charge in [-0.2, -0.15) is 5.26 Å². The van der Waals surface area contributed by atoms with Gasteiger partial charge in [0.05, 0.1) is 11.6 Å². The Labute approximate surface area is 85.2 Å². The van der Waals surface area contributed by atoms with Gasteiger partial charge in [-0.25, -0.2) is 0 Å². The third-order valence-corrected chi connectivity index (χ3v) is 2.06. The van der Waals surface area contributed by atoms with Crippen molar-refractivity contribution in [2.24, 2.45) is 0 Å². The minimum absolute atomic E-state index is 0.694. The van der Waals surface area contributed by atoms with Crippen LogP contribution < -0.4 is 9.80 Å². The van der Waals surface area contributed by atoms with Gasteiger partial charge in [0.25, 0.3) is 0 Å². The Morgan fingerprint density at radius 3 is 1.64 bits per heavy atom. The van der Waals surface area contributed by atoms with Crippen molar-refractivity contribution in [1.29, 1.82) is 5.26 Å². The molecule has 0 amide bonds. The van der Waals surface area contributed by atoms with Gasteiger partial charge in [0.2, 0.25) is 0 Å². The predicted octanol–water partition coefficient (Wildman–Crippen LogP) is 1.69.